The van der Waals surface area contributed by atoms with Crippen LogP contribution in [0.25, 0.3) is 0 Å². The molecule has 0 unspecified atom stereocenters. The molecule has 0 bridgehead atoms. The lowest BCUT2D eigenvalue weighted by Gasteiger charge is -2.13. The molecule has 0 saturated carbocycles. The number of nitrogens with zero attached hydrogens (tertiary/aromatic N) is 1. The largest absolute Gasteiger partial charge is 0.503 e. The summed E-state index contributed by atoms with van der Waals surface area (Å²) in [5, 5.41) is 1.04. The van der Waals surface area contributed by atoms with E-state index in [4.69, 9.17) is 9.47 Å². The number of rotatable bonds is 8. The maximum atomic E-state index is 12.8. The number of benzene rings is 1. The maximum Gasteiger partial charge on any atom is 0.503 e. The number of pyridine rings is 1. The highest BCUT2D eigenvalue weighted by atomic mass is 32.2. The van der Waals surface area contributed by atoms with Gasteiger partial charge in [-0.1, -0.05) is 13.0 Å². The fraction of sp³-hybridized carbons (Fsp3) is 0.333. The van der Waals surface area contributed by atoms with Crippen LogP contribution in [-0.2, 0) is 16.4 Å². The molecule has 29 heavy (non-hydrogen) atoms. The van der Waals surface area contributed by atoms with Crippen LogP contribution >= 0.6 is 0 Å². The minimum absolute atomic E-state index is 0.0797. The van der Waals surface area contributed by atoms with Crippen LogP contribution in [0.1, 0.15) is 29.3 Å². The minimum atomic E-state index is -5.77. The Labute approximate surface area is 165 Å². The zero-order chi connectivity index (χ0) is 21.7. The Morgan fingerprint density at radius 2 is 1.93 bits per heavy atom. The molecule has 0 aliphatic rings. The molecule has 2 rings (SSSR count). The van der Waals surface area contributed by atoms with E-state index in [1.54, 1.807) is 18.2 Å². The standard InChI is InChI=1S/C18H19F3N2O5S/c1-3-9-28-14-7-6-12(10-15(14)27-2)11-23-16(24)13-5-4-8-22-17(13)29(25,26)18(19,20)21/h4-8,10H,3,9,11H2,1-2H3,(H,23,24). The van der Waals surface area contributed by atoms with Gasteiger partial charge in [-0.25, -0.2) is 13.4 Å². The van der Waals surface area contributed by atoms with Crippen molar-refractivity contribution >= 4 is 15.7 Å². The summed E-state index contributed by atoms with van der Waals surface area (Å²) in [4.78, 5) is 15.6. The first-order valence-corrected chi connectivity index (χ1v) is 9.94. The normalized spacial score (nSPS) is 11.8. The molecular weight excluding hydrogens is 413 g/mol. The third-order valence-electron chi connectivity index (χ3n) is 3.72. The Kier molecular flexibility index (Phi) is 7.07. The van der Waals surface area contributed by atoms with E-state index in [1.807, 2.05) is 6.92 Å². The molecule has 1 amide bonds. The van der Waals surface area contributed by atoms with Crippen LogP contribution in [-0.4, -0.2) is 38.5 Å². The number of alkyl halides is 3. The van der Waals surface area contributed by atoms with Crippen molar-refractivity contribution in [2.45, 2.75) is 30.4 Å². The van der Waals surface area contributed by atoms with E-state index < -0.39 is 31.8 Å². The summed E-state index contributed by atoms with van der Waals surface area (Å²) in [6, 6.07) is 7.02. The van der Waals surface area contributed by atoms with E-state index in [1.165, 1.54) is 13.2 Å². The number of ether oxygens (including phenoxy) is 2. The minimum Gasteiger partial charge on any atom is -0.493 e. The first-order valence-electron chi connectivity index (χ1n) is 8.46. The smallest absolute Gasteiger partial charge is 0.493 e. The van der Waals surface area contributed by atoms with E-state index in [2.05, 4.69) is 10.3 Å². The van der Waals surface area contributed by atoms with Crippen molar-refractivity contribution in [2.24, 2.45) is 0 Å². The summed E-state index contributed by atoms with van der Waals surface area (Å²) in [5.74, 6) is -0.0756. The van der Waals surface area contributed by atoms with Gasteiger partial charge in [0.25, 0.3) is 15.7 Å². The quantitative estimate of drug-likeness (QED) is 0.689. The van der Waals surface area contributed by atoms with E-state index in [0.29, 0.717) is 23.7 Å². The summed E-state index contributed by atoms with van der Waals surface area (Å²) < 4.78 is 72.6. The van der Waals surface area contributed by atoms with Crippen LogP contribution in [0.15, 0.2) is 41.6 Å². The van der Waals surface area contributed by atoms with Crippen LogP contribution in [0.2, 0.25) is 0 Å². The zero-order valence-corrected chi connectivity index (χ0v) is 16.4. The van der Waals surface area contributed by atoms with Gasteiger partial charge in [-0.2, -0.15) is 13.2 Å². The number of nitrogens with one attached hydrogen (secondary N) is 1. The van der Waals surface area contributed by atoms with Gasteiger partial charge in [0, 0.05) is 12.7 Å². The summed E-state index contributed by atoms with van der Waals surface area (Å²) in [6.45, 7) is 2.36. The van der Waals surface area contributed by atoms with Crippen molar-refractivity contribution < 1.29 is 35.9 Å². The number of carbonyl (C=O) groups is 1. The summed E-state index contributed by atoms with van der Waals surface area (Å²) in [7, 11) is -4.32. The molecule has 0 fully saturated rings. The number of methoxy groups -OCH3 is 1. The highest BCUT2D eigenvalue weighted by molar-refractivity contribution is 7.92. The number of amides is 1. The molecule has 2 aromatic rings. The lowest BCUT2D eigenvalue weighted by molar-refractivity contribution is -0.0438. The van der Waals surface area contributed by atoms with Crippen LogP contribution in [0.4, 0.5) is 13.2 Å². The molecule has 0 atom stereocenters. The van der Waals surface area contributed by atoms with Crippen molar-refractivity contribution in [2.75, 3.05) is 13.7 Å². The lowest BCUT2D eigenvalue weighted by Crippen LogP contribution is -2.30. The monoisotopic (exact) mass is 432 g/mol. The molecule has 11 heteroatoms. The van der Waals surface area contributed by atoms with E-state index in [0.717, 1.165) is 18.7 Å². The molecule has 7 nitrogen and oxygen atoms in total. The van der Waals surface area contributed by atoms with Gasteiger partial charge < -0.3 is 14.8 Å². The predicted octanol–water partition coefficient (Wildman–Crippen LogP) is 3.10. The summed E-state index contributed by atoms with van der Waals surface area (Å²) >= 11 is 0. The average molecular weight is 432 g/mol. The fourth-order valence-electron chi connectivity index (χ4n) is 2.32. The fourth-order valence-corrected chi connectivity index (χ4v) is 3.19. The van der Waals surface area contributed by atoms with Crippen LogP contribution < -0.4 is 14.8 Å². The number of hydrogen-bond donors (Lipinski definition) is 1. The van der Waals surface area contributed by atoms with Gasteiger partial charge in [-0.05, 0) is 36.2 Å². The van der Waals surface area contributed by atoms with Gasteiger partial charge in [0.05, 0.1) is 19.3 Å². The SMILES string of the molecule is CCCOc1ccc(CNC(=O)c2cccnc2S(=O)(=O)C(F)(F)F)cc1OC. The van der Waals surface area contributed by atoms with Gasteiger partial charge in [-0.15, -0.1) is 0 Å². The predicted molar refractivity (Wildman–Crippen MR) is 97.4 cm³/mol. The molecule has 0 saturated heterocycles. The first kappa shape index (κ1) is 22.5. The number of aromatic nitrogens is 1. The number of sulfone groups is 1. The number of halogens is 3. The second-order valence-electron chi connectivity index (χ2n) is 5.82. The average Bonchev–Trinajstić information content (AvgIpc) is 2.69. The second kappa shape index (κ2) is 9.12. The van der Waals surface area contributed by atoms with Gasteiger partial charge in [-0.3, -0.25) is 4.79 Å². The number of carbonyl (C=O) groups excluding carboxylic acids is 1. The Morgan fingerprint density at radius 3 is 2.55 bits per heavy atom. The topological polar surface area (TPSA) is 94.6 Å². The van der Waals surface area contributed by atoms with Crippen molar-refractivity contribution in [3.63, 3.8) is 0 Å². The first-order chi connectivity index (χ1) is 13.6. The molecule has 1 aromatic heterocycles. The third-order valence-corrected chi connectivity index (χ3v) is 5.16. The Morgan fingerprint density at radius 1 is 1.21 bits per heavy atom. The molecule has 1 N–H and O–H groups in total. The van der Waals surface area contributed by atoms with Crippen molar-refractivity contribution in [3.05, 3.63) is 47.7 Å². The van der Waals surface area contributed by atoms with Gasteiger partial charge in [0.15, 0.2) is 16.5 Å². The van der Waals surface area contributed by atoms with E-state index in [9.17, 15) is 26.4 Å². The van der Waals surface area contributed by atoms with Gasteiger partial charge >= 0.3 is 5.51 Å². The molecule has 158 valence electrons. The zero-order valence-electron chi connectivity index (χ0n) is 15.6. The second-order valence-corrected chi connectivity index (χ2v) is 7.68. The molecule has 1 heterocycles. The molecule has 1 aromatic carbocycles. The Hall–Kier alpha value is -2.82. The Balaban J connectivity index is 2.21. The molecule has 0 aliphatic carbocycles. The maximum absolute atomic E-state index is 12.8. The molecule has 0 radical (unpaired) electrons. The van der Waals surface area contributed by atoms with Crippen LogP contribution in [0, 0.1) is 0 Å². The number of hydrogen-bond acceptors (Lipinski definition) is 6. The van der Waals surface area contributed by atoms with E-state index in [-0.39, 0.29) is 6.54 Å². The van der Waals surface area contributed by atoms with Gasteiger partial charge in [0.2, 0.25) is 0 Å². The highest BCUT2D eigenvalue weighted by Crippen LogP contribution is 2.31. The molecule has 0 aliphatic heterocycles. The molecule has 0 spiro atoms. The Bertz CT molecular complexity index is 978. The highest BCUT2D eigenvalue weighted by Gasteiger charge is 2.49. The third kappa shape index (κ3) is 5.17. The lowest BCUT2D eigenvalue weighted by atomic mass is 10.2. The van der Waals surface area contributed by atoms with Gasteiger partial charge in [0.1, 0.15) is 0 Å². The van der Waals surface area contributed by atoms with Crippen molar-refractivity contribution in [3.8, 4) is 11.5 Å². The summed E-state index contributed by atoms with van der Waals surface area (Å²) in [5.41, 5.74) is -5.69. The van der Waals surface area contributed by atoms with Crippen LogP contribution in [0.5, 0.6) is 11.5 Å². The van der Waals surface area contributed by atoms with Crippen molar-refractivity contribution in [1.29, 1.82) is 0 Å². The molecular formula is C18H19F3N2O5S. The van der Waals surface area contributed by atoms with Crippen LogP contribution in [0.3, 0.4) is 0 Å². The van der Waals surface area contributed by atoms with E-state index >= 15 is 0 Å². The van der Waals surface area contributed by atoms with Crippen molar-refractivity contribution in [1.82, 2.24) is 10.3 Å². The summed E-state index contributed by atoms with van der Waals surface area (Å²) in [6.07, 6.45) is 1.67.